The second-order valence-electron chi connectivity index (χ2n) is 3.83. The van der Waals surface area contributed by atoms with Crippen molar-refractivity contribution in [3.63, 3.8) is 0 Å². The van der Waals surface area contributed by atoms with Crippen LogP contribution in [0, 0.1) is 0 Å². The van der Waals surface area contributed by atoms with Gasteiger partial charge in [0.15, 0.2) is 0 Å². The zero-order chi connectivity index (χ0) is 14.3. The van der Waals surface area contributed by atoms with Crippen LogP contribution in [0.15, 0.2) is 24.0 Å². The number of rotatable bonds is 11. The van der Waals surface area contributed by atoms with Crippen molar-refractivity contribution in [2.45, 2.75) is 19.3 Å². The van der Waals surface area contributed by atoms with Crippen LogP contribution in [0.5, 0.6) is 0 Å². The van der Waals surface area contributed by atoms with Crippen LogP contribution >= 0.6 is 0 Å². The Balaban J connectivity index is 4.27. The summed E-state index contributed by atoms with van der Waals surface area (Å²) in [6.07, 6.45) is 7.35. The Bertz CT molecular complexity index is 284. The number of methoxy groups -OCH3 is 3. The second-order valence-corrected chi connectivity index (χ2v) is 3.83. The maximum atomic E-state index is 11.8. The molecule has 0 heterocycles. The molecule has 0 fully saturated rings. The summed E-state index contributed by atoms with van der Waals surface area (Å²) in [5, 5.41) is 0. The van der Waals surface area contributed by atoms with Crippen molar-refractivity contribution in [2.75, 3.05) is 41.2 Å². The molecule has 0 N–H and O–H groups in total. The molecular formula is C14H24O5. The number of ether oxygens (including phenoxy) is 4. The zero-order valence-electron chi connectivity index (χ0n) is 12.0. The van der Waals surface area contributed by atoms with E-state index in [1.807, 2.05) is 0 Å². The molecule has 0 aromatic carbocycles. The van der Waals surface area contributed by atoms with E-state index in [2.05, 4.69) is 0 Å². The maximum Gasteiger partial charge on any atom is 0.334 e. The summed E-state index contributed by atoms with van der Waals surface area (Å²) in [5.41, 5.74) is 0.625. The first-order chi connectivity index (χ1) is 9.26. The molecule has 19 heavy (non-hydrogen) atoms. The molecule has 0 atom stereocenters. The van der Waals surface area contributed by atoms with Crippen LogP contribution in [0.2, 0.25) is 0 Å². The van der Waals surface area contributed by atoms with Crippen LogP contribution < -0.4 is 0 Å². The summed E-state index contributed by atoms with van der Waals surface area (Å²) in [5.74, 6) is -0.310. The third-order valence-electron chi connectivity index (χ3n) is 2.34. The first-order valence-electron chi connectivity index (χ1n) is 6.29. The Morgan fingerprint density at radius 3 is 2.37 bits per heavy atom. The largest absolute Gasteiger partial charge is 0.504 e. The van der Waals surface area contributed by atoms with Crippen molar-refractivity contribution in [1.82, 2.24) is 0 Å². The van der Waals surface area contributed by atoms with E-state index in [0.29, 0.717) is 25.2 Å². The van der Waals surface area contributed by atoms with Gasteiger partial charge in [-0.2, -0.15) is 0 Å². The molecule has 0 spiro atoms. The third kappa shape index (κ3) is 10.3. The van der Waals surface area contributed by atoms with Crippen molar-refractivity contribution >= 4 is 5.97 Å². The highest BCUT2D eigenvalue weighted by atomic mass is 16.6. The molecule has 0 bridgehead atoms. The first-order valence-corrected chi connectivity index (χ1v) is 6.29. The van der Waals surface area contributed by atoms with Gasteiger partial charge in [-0.3, -0.25) is 0 Å². The maximum absolute atomic E-state index is 11.8. The average Bonchev–Trinajstić information content (AvgIpc) is 2.41. The van der Waals surface area contributed by atoms with Crippen molar-refractivity contribution < 1.29 is 23.7 Å². The Hall–Kier alpha value is -1.33. The normalized spacial score (nSPS) is 11.8. The van der Waals surface area contributed by atoms with Gasteiger partial charge in [-0.05, 0) is 31.4 Å². The summed E-state index contributed by atoms with van der Waals surface area (Å²) in [7, 11) is 4.78. The summed E-state index contributed by atoms with van der Waals surface area (Å²) in [6, 6.07) is 0. The van der Waals surface area contributed by atoms with E-state index in [1.165, 1.54) is 6.26 Å². The Morgan fingerprint density at radius 2 is 1.74 bits per heavy atom. The lowest BCUT2D eigenvalue weighted by Crippen LogP contribution is -2.12. The number of carbonyl (C=O) groups excluding carboxylic acids is 1. The molecule has 5 nitrogen and oxygen atoms in total. The van der Waals surface area contributed by atoms with Crippen LogP contribution in [0.4, 0.5) is 0 Å². The Labute approximate surface area is 115 Å². The molecule has 0 unspecified atom stereocenters. The fourth-order valence-electron chi connectivity index (χ4n) is 1.36. The van der Waals surface area contributed by atoms with Crippen molar-refractivity contribution in [1.29, 1.82) is 0 Å². The van der Waals surface area contributed by atoms with E-state index in [4.69, 9.17) is 18.9 Å². The zero-order valence-corrected chi connectivity index (χ0v) is 12.0. The quantitative estimate of drug-likeness (QED) is 0.189. The minimum absolute atomic E-state index is 0.263. The molecule has 0 saturated carbocycles. The van der Waals surface area contributed by atoms with Gasteiger partial charge in [0, 0.05) is 26.4 Å². The smallest absolute Gasteiger partial charge is 0.334 e. The number of hydrogen-bond donors (Lipinski definition) is 0. The standard InChI is InChI=1S/C14H24O5/c1-16-9-5-4-7-13(8-6-10-17-2)14(15)19-12-11-18-3/h6,8,10H,4-5,7,9,11-12H2,1-3H3. The molecule has 5 heteroatoms. The molecule has 110 valence electrons. The highest BCUT2D eigenvalue weighted by Crippen LogP contribution is 2.10. The molecule has 0 aromatic rings. The van der Waals surface area contributed by atoms with Crippen LogP contribution in [-0.2, 0) is 23.7 Å². The van der Waals surface area contributed by atoms with E-state index in [1.54, 1.807) is 33.5 Å². The van der Waals surface area contributed by atoms with E-state index in [-0.39, 0.29) is 12.6 Å². The predicted octanol–water partition coefficient (Wildman–Crippen LogP) is 2.08. The molecule has 0 rings (SSSR count). The first kappa shape index (κ1) is 17.7. The summed E-state index contributed by atoms with van der Waals surface area (Å²) in [6.45, 7) is 1.36. The minimum Gasteiger partial charge on any atom is -0.504 e. The van der Waals surface area contributed by atoms with Gasteiger partial charge in [0.05, 0.1) is 20.0 Å². The highest BCUT2D eigenvalue weighted by Gasteiger charge is 2.09. The predicted molar refractivity (Wildman–Crippen MR) is 72.8 cm³/mol. The number of allylic oxidation sites excluding steroid dienone is 2. The Morgan fingerprint density at radius 1 is 1.00 bits per heavy atom. The van der Waals surface area contributed by atoms with Crippen LogP contribution in [0.3, 0.4) is 0 Å². The number of esters is 1. The minimum atomic E-state index is -0.310. The summed E-state index contributed by atoms with van der Waals surface area (Å²) >= 11 is 0. The fraction of sp³-hybridized carbons (Fsp3) is 0.643. The molecular weight excluding hydrogens is 248 g/mol. The highest BCUT2D eigenvalue weighted by molar-refractivity contribution is 5.88. The van der Waals surface area contributed by atoms with Gasteiger partial charge < -0.3 is 18.9 Å². The molecule has 0 radical (unpaired) electrons. The fourth-order valence-corrected chi connectivity index (χ4v) is 1.36. The lowest BCUT2D eigenvalue weighted by atomic mass is 10.1. The van der Waals surface area contributed by atoms with Gasteiger partial charge in [0.25, 0.3) is 0 Å². The van der Waals surface area contributed by atoms with Crippen LogP contribution in [0.1, 0.15) is 19.3 Å². The van der Waals surface area contributed by atoms with E-state index in [0.717, 1.165) is 12.8 Å². The van der Waals surface area contributed by atoms with Crippen molar-refractivity contribution in [3.8, 4) is 0 Å². The SMILES string of the molecule is COC=CC=C(CCCCOC)C(=O)OCCOC. The van der Waals surface area contributed by atoms with Gasteiger partial charge in [0.1, 0.15) is 6.61 Å². The van der Waals surface area contributed by atoms with Gasteiger partial charge in [-0.25, -0.2) is 4.79 Å². The van der Waals surface area contributed by atoms with E-state index >= 15 is 0 Å². The second kappa shape index (κ2) is 13.1. The summed E-state index contributed by atoms with van der Waals surface area (Å²) in [4.78, 5) is 11.8. The molecule has 0 amide bonds. The van der Waals surface area contributed by atoms with Crippen LogP contribution in [-0.4, -0.2) is 47.1 Å². The van der Waals surface area contributed by atoms with Gasteiger partial charge in [0.2, 0.25) is 0 Å². The number of hydrogen-bond acceptors (Lipinski definition) is 5. The summed E-state index contributed by atoms with van der Waals surface area (Å²) < 4.78 is 19.7. The van der Waals surface area contributed by atoms with Crippen molar-refractivity contribution in [3.05, 3.63) is 24.0 Å². The Kier molecular flexibility index (Phi) is 12.2. The molecule has 0 aliphatic carbocycles. The third-order valence-corrected chi connectivity index (χ3v) is 2.34. The lowest BCUT2D eigenvalue weighted by molar-refractivity contribution is -0.140. The van der Waals surface area contributed by atoms with Gasteiger partial charge in [-0.15, -0.1) is 0 Å². The van der Waals surface area contributed by atoms with Crippen molar-refractivity contribution in [2.24, 2.45) is 0 Å². The lowest BCUT2D eigenvalue weighted by Gasteiger charge is -2.07. The van der Waals surface area contributed by atoms with E-state index < -0.39 is 0 Å². The topological polar surface area (TPSA) is 54.0 Å². The monoisotopic (exact) mass is 272 g/mol. The van der Waals surface area contributed by atoms with Gasteiger partial charge >= 0.3 is 5.97 Å². The average molecular weight is 272 g/mol. The van der Waals surface area contributed by atoms with Gasteiger partial charge in [-0.1, -0.05) is 0 Å². The molecule has 0 aliphatic heterocycles. The number of unbranched alkanes of at least 4 members (excludes halogenated alkanes) is 1. The van der Waals surface area contributed by atoms with E-state index in [9.17, 15) is 4.79 Å². The molecule has 0 saturated heterocycles. The molecule has 0 aromatic heterocycles. The number of carbonyl (C=O) groups is 1. The van der Waals surface area contributed by atoms with Crippen LogP contribution in [0.25, 0.3) is 0 Å². The molecule has 0 aliphatic rings.